The highest BCUT2D eigenvalue weighted by atomic mass is 32.2. The number of piperazine rings is 1. The standard InChI is InChI=1S/C20H21FN4O3S2/c1-13-18(12-17(29-13)19-22-20(28-23-19)14-2-3-14)30(26,27)25-10-8-24(9-11-25)16-6-4-15(21)5-7-16/h4-7,12,14H,2-3,8-11H2,1H3. The molecule has 5 rings (SSSR count). The lowest BCUT2D eigenvalue weighted by Crippen LogP contribution is -2.48. The second kappa shape index (κ2) is 7.44. The SMILES string of the molecule is Cc1sc(-c2noc(C3CC3)n2)cc1S(=O)(=O)N1CCN(c2ccc(F)cc2)CC1. The van der Waals surface area contributed by atoms with E-state index >= 15 is 0 Å². The molecular weight excluding hydrogens is 427 g/mol. The molecule has 2 fully saturated rings. The zero-order chi connectivity index (χ0) is 20.9. The molecule has 3 heterocycles. The van der Waals surface area contributed by atoms with Gasteiger partial charge in [0.25, 0.3) is 0 Å². The number of halogens is 1. The second-order valence-corrected chi connectivity index (χ2v) is 10.8. The molecule has 0 atom stereocenters. The molecule has 1 saturated carbocycles. The summed E-state index contributed by atoms with van der Waals surface area (Å²) in [7, 11) is -3.62. The smallest absolute Gasteiger partial charge is 0.244 e. The Labute approximate surface area is 178 Å². The molecule has 0 bridgehead atoms. The van der Waals surface area contributed by atoms with Gasteiger partial charge in [-0.15, -0.1) is 11.3 Å². The number of hydrogen-bond donors (Lipinski definition) is 0. The first-order valence-corrected chi connectivity index (χ1v) is 12.1. The van der Waals surface area contributed by atoms with Crippen LogP contribution in [0.15, 0.2) is 39.8 Å². The molecule has 0 radical (unpaired) electrons. The van der Waals surface area contributed by atoms with Crippen molar-refractivity contribution in [1.29, 1.82) is 0 Å². The zero-order valence-corrected chi connectivity index (χ0v) is 18.0. The van der Waals surface area contributed by atoms with Gasteiger partial charge in [-0.05, 0) is 50.1 Å². The van der Waals surface area contributed by atoms with E-state index in [2.05, 4.69) is 15.0 Å². The van der Waals surface area contributed by atoms with Gasteiger partial charge >= 0.3 is 0 Å². The molecule has 2 aromatic heterocycles. The van der Waals surface area contributed by atoms with Gasteiger partial charge in [0.1, 0.15) is 5.82 Å². The highest BCUT2D eigenvalue weighted by molar-refractivity contribution is 7.89. The summed E-state index contributed by atoms with van der Waals surface area (Å²) < 4.78 is 46.5. The number of thiophene rings is 1. The summed E-state index contributed by atoms with van der Waals surface area (Å²) in [6.07, 6.45) is 2.13. The van der Waals surface area contributed by atoms with Crippen molar-refractivity contribution >= 4 is 27.0 Å². The second-order valence-electron chi connectivity index (χ2n) is 7.63. The highest BCUT2D eigenvalue weighted by Crippen LogP contribution is 2.40. The third-order valence-electron chi connectivity index (χ3n) is 5.51. The van der Waals surface area contributed by atoms with Gasteiger partial charge in [0, 0.05) is 42.7 Å². The Morgan fingerprint density at radius 3 is 2.50 bits per heavy atom. The Hall–Kier alpha value is -2.30. The molecule has 30 heavy (non-hydrogen) atoms. The normalized spacial score (nSPS) is 18.1. The predicted molar refractivity (Wildman–Crippen MR) is 112 cm³/mol. The molecule has 0 spiro atoms. The molecule has 7 nitrogen and oxygen atoms in total. The van der Waals surface area contributed by atoms with E-state index in [4.69, 9.17) is 4.52 Å². The first-order chi connectivity index (χ1) is 14.4. The van der Waals surface area contributed by atoms with Gasteiger partial charge in [0.15, 0.2) is 0 Å². The Morgan fingerprint density at radius 1 is 1.13 bits per heavy atom. The molecular formula is C20H21FN4O3S2. The Morgan fingerprint density at radius 2 is 1.83 bits per heavy atom. The van der Waals surface area contributed by atoms with Gasteiger partial charge < -0.3 is 9.42 Å². The number of aromatic nitrogens is 2. The van der Waals surface area contributed by atoms with Gasteiger partial charge in [0.05, 0.1) is 9.77 Å². The fourth-order valence-corrected chi connectivity index (χ4v) is 6.55. The van der Waals surface area contributed by atoms with Crippen LogP contribution in [-0.4, -0.2) is 49.0 Å². The minimum absolute atomic E-state index is 0.283. The molecule has 158 valence electrons. The monoisotopic (exact) mass is 448 g/mol. The van der Waals surface area contributed by atoms with E-state index in [0.717, 1.165) is 18.5 Å². The van der Waals surface area contributed by atoms with Crippen molar-refractivity contribution in [3.05, 3.63) is 46.9 Å². The quantitative estimate of drug-likeness (QED) is 0.593. The molecule has 0 amide bonds. The molecule has 1 aliphatic heterocycles. The van der Waals surface area contributed by atoms with Crippen LogP contribution in [0.25, 0.3) is 10.7 Å². The van der Waals surface area contributed by atoms with Crippen molar-refractivity contribution in [3.8, 4) is 10.7 Å². The minimum Gasteiger partial charge on any atom is -0.369 e. The van der Waals surface area contributed by atoms with Crippen LogP contribution < -0.4 is 4.90 Å². The molecule has 1 aliphatic carbocycles. The van der Waals surface area contributed by atoms with Crippen LogP contribution >= 0.6 is 11.3 Å². The summed E-state index contributed by atoms with van der Waals surface area (Å²) in [4.78, 5) is 8.21. The van der Waals surface area contributed by atoms with Crippen molar-refractivity contribution in [1.82, 2.24) is 14.4 Å². The average molecular weight is 449 g/mol. The van der Waals surface area contributed by atoms with E-state index in [1.807, 2.05) is 0 Å². The summed E-state index contributed by atoms with van der Waals surface area (Å²) in [5.41, 5.74) is 0.894. The van der Waals surface area contributed by atoms with Gasteiger partial charge in [-0.25, -0.2) is 12.8 Å². The summed E-state index contributed by atoms with van der Waals surface area (Å²) >= 11 is 1.37. The van der Waals surface area contributed by atoms with Crippen LogP contribution in [-0.2, 0) is 10.0 Å². The largest absolute Gasteiger partial charge is 0.369 e. The van der Waals surface area contributed by atoms with E-state index in [1.54, 1.807) is 25.1 Å². The van der Waals surface area contributed by atoms with E-state index in [1.165, 1.54) is 27.8 Å². The molecule has 10 heteroatoms. The molecule has 2 aliphatic rings. The third-order valence-corrected chi connectivity index (χ3v) is 8.71. The number of rotatable bonds is 5. The van der Waals surface area contributed by atoms with Crippen LogP contribution in [0.1, 0.15) is 29.5 Å². The first-order valence-electron chi connectivity index (χ1n) is 9.87. The van der Waals surface area contributed by atoms with Crippen LogP contribution in [0, 0.1) is 12.7 Å². The summed E-state index contributed by atoms with van der Waals surface area (Å²) in [5.74, 6) is 1.16. The molecule has 1 saturated heterocycles. The maximum absolute atomic E-state index is 13.3. The number of aryl methyl sites for hydroxylation is 1. The Balaban J connectivity index is 1.32. The van der Waals surface area contributed by atoms with Gasteiger partial charge in [-0.2, -0.15) is 9.29 Å². The number of anilines is 1. The van der Waals surface area contributed by atoms with Crippen molar-refractivity contribution in [2.24, 2.45) is 0 Å². The number of hydrogen-bond acceptors (Lipinski definition) is 7. The summed E-state index contributed by atoms with van der Waals surface area (Å²) in [5, 5.41) is 4.03. The fraction of sp³-hybridized carbons (Fsp3) is 0.400. The van der Waals surface area contributed by atoms with E-state index in [-0.39, 0.29) is 5.82 Å². The lowest BCUT2D eigenvalue weighted by molar-refractivity contribution is 0.380. The zero-order valence-electron chi connectivity index (χ0n) is 16.4. The van der Waals surface area contributed by atoms with Crippen LogP contribution in [0.3, 0.4) is 0 Å². The molecule has 0 unspecified atom stereocenters. The van der Waals surface area contributed by atoms with Crippen molar-refractivity contribution in [3.63, 3.8) is 0 Å². The van der Waals surface area contributed by atoms with Crippen molar-refractivity contribution < 1.29 is 17.3 Å². The third kappa shape index (κ3) is 3.63. The van der Waals surface area contributed by atoms with Crippen molar-refractivity contribution in [2.45, 2.75) is 30.6 Å². The van der Waals surface area contributed by atoms with E-state index < -0.39 is 10.0 Å². The number of nitrogens with zero attached hydrogens (tertiary/aromatic N) is 4. The average Bonchev–Trinajstić information content (AvgIpc) is 3.33. The summed E-state index contributed by atoms with van der Waals surface area (Å²) in [6, 6.07) is 7.93. The molecule has 3 aromatic rings. The summed E-state index contributed by atoms with van der Waals surface area (Å²) in [6.45, 7) is 3.65. The highest BCUT2D eigenvalue weighted by Gasteiger charge is 2.33. The van der Waals surface area contributed by atoms with Gasteiger partial charge in [-0.1, -0.05) is 5.16 Å². The van der Waals surface area contributed by atoms with Crippen LogP contribution in [0.2, 0.25) is 0 Å². The Bertz CT molecular complexity index is 1160. The van der Waals surface area contributed by atoms with Crippen molar-refractivity contribution in [2.75, 3.05) is 31.1 Å². The lowest BCUT2D eigenvalue weighted by atomic mass is 10.2. The minimum atomic E-state index is -3.62. The van der Waals surface area contributed by atoms with Crippen LogP contribution in [0.5, 0.6) is 0 Å². The fourth-order valence-electron chi connectivity index (χ4n) is 3.64. The maximum atomic E-state index is 13.3. The topological polar surface area (TPSA) is 79.5 Å². The molecule has 0 N–H and O–H groups in total. The number of sulfonamides is 1. The van der Waals surface area contributed by atoms with Gasteiger partial charge in [0.2, 0.25) is 21.7 Å². The molecule has 1 aromatic carbocycles. The van der Waals surface area contributed by atoms with E-state index in [0.29, 0.717) is 58.5 Å². The van der Waals surface area contributed by atoms with Crippen LogP contribution in [0.4, 0.5) is 10.1 Å². The predicted octanol–water partition coefficient (Wildman–Crippen LogP) is 3.63. The van der Waals surface area contributed by atoms with Gasteiger partial charge in [-0.3, -0.25) is 0 Å². The van der Waals surface area contributed by atoms with E-state index in [9.17, 15) is 12.8 Å². The lowest BCUT2D eigenvalue weighted by Gasteiger charge is -2.35. The first kappa shape index (κ1) is 19.7. The number of benzene rings is 1. The maximum Gasteiger partial charge on any atom is 0.244 e. The Kier molecular flexibility index (Phi) is 4.87.